The number of carboxylic acid groups (broad SMARTS) is 1. The lowest BCUT2D eigenvalue weighted by molar-refractivity contribution is -0.138. The first kappa shape index (κ1) is 16.2. The summed E-state index contributed by atoms with van der Waals surface area (Å²) in [6.45, 7) is 3.48. The van der Waals surface area contributed by atoms with Gasteiger partial charge in [0.1, 0.15) is 0 Å². The van der Waals surface area contributed by atoms with Gasteiger partial charge in [-0.05, 0) is 24.3 Å². The van der Waals surface area contributed by atoms with E-state index in [4.69, 9.17) is 5.11 Å². The minimum absolute atomic E-state index is 0.00705. The molecule has 3 amide bonds. The average molecular weight is 298 g/mol. The molecule has 20 heavy (non-hydrogen) atoms. The molecule has 0 fully saturated rings. The van der Waals surface area contributed by atoms with E-state index in [0.717, 1.165) is 4.88 Å². The van der Waals surface area contributed by atoms with Crippen molar-refractivity contribution in [2.24, 2.45) is 5.92 Å². The molecule has 0 aromatic carbocycles. The summed E-state index contributed by atoms with van der Waals surface area (Å²) in [7, 11) is 0. The van der Waals surface area contributed by atoms with Crippen LogP contribution < -0.4 is 10.6 Å². The highest BCUT2D eigenvalue weighted by molar-refractivity contribution is 7.10. The van der Waals surface area contributed by atoms with E-state index in [9.17, 15) is 14.4 Å². The lowest BCUT2D eigenvalue weighted by atomic mass is 10.0. The van der Waals surface area contributed by atoms with Crippen molar-refractivity contribution in [2.45, 2.75) is 32.7 Å². The Kier molecular flexibility index (Phi) is 6.17. The van der Waals surface area contributed by atoms with Gasteiger partial charge >= 0.3 is 12.0 Å². The summed E-state index contributed by atoms with van der Waals surface area (Å²) in [6, 6.07) is 3.03. The zero-order valence-electron chi connectivity index (χ0n) is 11.4. The summed E-state index contributed by atoms with van der Waals surface area (Å²) in [5.74, 6) is -1.74. The van der Waals surface area contributed by atoms with Crippen LogP contribution in [0.1, 0.15) is 37.6 Å². The molecule has 1 aromatic heterocycles. The highest BCUT2D eigenvalue weighted by Gasteiger charge is 2.16. The molecular weight excluding hydrogens is 280 g/mol. The number of carboxylic acids is 1. The third-order valence-electron chi connectivity index (χ3n) is 2.63. The maximum atomic E-state index is 11.6. The first-order valence-electron chi connectivity index (χ1n) is 6.24. The SMILES string of the molecule is CC(CC(=O)O)CC(=O)NC(=O)NC(C)c1cccs1. The van der Waals surface area contributed by atoms with Crippen molar-refractivity contribution in [3.63, 3.8) is 0 Å². The fourth-order valence-electron chi connectivity index (χ4n) is 1.71. The van der Waals surface area contributed by atoms with Crippen LogP contribution in [0.2, 0.25) is 0 Å². The molecule has 110 valence electrons. The fourth-order valence-corrected chi connectivity index (χ4v) is 2.44. The Balaban J connectivity index is 2.34. The summed E-state index contributed by atoms with van der Waals surface area (Å²) >= 11 is 1.52. The minimum atomic E-state index is -0.957. The van der Waals surface area contributed by atoms with Crippen molar-refractivity contribution in [3.8, 4) is 0 Å². The van der Waals surface area contributed by atoms with Crippen molar-refractivity contribution < 1.29 is 19.5 Å². The van der Waals surface area contributed by atoms with E-state index in [0.29, 0.717) is 0 Å². The van der Waals surface area contributed by atoms with Gasteiger partial charge in [-0.3, -0.25) is 14.9 Å². The molecule has 2 unspecified atom stereocenters. The largest absolute Gasteiger partial charge is 0.481 e. The van der Waals surface area contributed by atoms with Gasteiger partial charge in [0, 0.05) is 17.7 Å². The lowest BCUT2D eigenvalue weighted by Gasteiger charge is -2.13. The summed E-state index contributed by atoms with van der Waals surface area (Å²) in [5, 5.41) is 15.4. The van der Waals surface area contributed by atoms with Crippen LogP contribution in [0.3, 0.4) is 0 Å². The van der Waals surface area contributed by atoms with Gasteiger partial charge < -0.3 is 10.4 Å². The Morgan fingerprint density at radius 3 is 2.55 bits per heavy atom. The predicted molar refractivity (Wildman–Crippen MR) is 75.4 cm³/mol. The van der Waals surface area contributed by atoms with Crippen molar-refractivity contribution in [3.05, 3.63) is 22.4 Å². The Morgan fingerprint density at radius 2 is 2.00 bits per heavy atom. The molecule has 2 atom stereocenters. The molecule has 0 aliphatic rings. The van der Waals surface area contributed by atoms with Crippen molar-refractivity contribution in [2.75, 3.05) is 0 Å². The monoisotopic (exact) mass is 298 g/mol. The highest BCUT2D eigenvalue weighted by Crippen LogP contribution is 2.17. The molecule has 0 aliphatic heterocycles. The number of aliphatic carboxylic acids is 1. The van der Waals surface area contributed by atoms with Gasteiger partial charge in [-0.15, -0.1) is 11.3 Å². The Labute approximate surface area is 121 Å². The van der Waals surface area contributed by atoms with Crippen LogP contribution in [0.4, 0.5) is 4.79 Å². The predicted octanol–water partition coefficient (Wildman–Crippen LogP) is 2.14. The Morgan fingerprint density at radius 1 is 1.30 bits per heavy atom. The molecule has 3 N–H and O–H groups in total. The number of carbonyl (C=O) groups excluding carboxylic acids is 2. The van der Waals surface area contributed by atoms with E-state index in [1.54, 1.807) is 6.92 Å². The summed E-state index contributed by atoms with van der Waals surface area (Å²) in [6.07, 6.45) is -0.0895. The number of nitrogens with one attached hydrogen (secondary N) is 2. The van der Waals surface area contributed by atoms with Crippen molar-refractivity contribution in [1.82, 2.24) is 10.6 Å². The van der Waals surface area contributed by atoms with Gasteiger partial charge in [-0.2, -0.15) is 0 Å². The number of rotatable bonds is 6. The molecule has 0 aliphatic carbocycles. The van der Waals surface area contributed by atoms with Crippen molar-refractivity contribution in [1.29, 1.82) is 0 Å². The Bertz CT molecular complexity index is 473. The quantitative estimate of drug-likeness (QED) is 0.749. The summed E-state index contributed by atoms with van der Waals surface area (Å²) in [5.41, 5.74) is 0. The number of thiophene rings is 1. The molecule has 6 nitrogen and oxygen atoms in total. The number of amides is 3. The smallest absolute Gasteiger partial charge is 0.321 e. The Hall–Kier alpha value is -1.89. The molecule has 1 rings (SSSR count). The second-order valence-electron chi connectivity index (χ2n) is 4.67. The molecule has 0 saturated heterocycles. The van der Waals surface area contributed by atoms with Crippen molar-refractivity contribution >= 4 is 29.2 Å². The van der Waals surface area contributed by atoms with E-state index in [-0.39, 0.29) is 24.8 Å². The van der Waals surface area contributed by atoms with Gasteiger partial charge in [0.2, 0.25) is 5.91 Å². The van der Waals surface area contributed by atoms with Gasteiger partial charge in [-0.25, -0.2) is 4.79 Å². The van der Waals surface area contributed by atoms with E-state index < -0.39 is 17.9 Å². The van der Waals surface area contributed by atoms with Crippen LogP contribution >= 0.6 is 11.3 Å². The zero-order chi connectivity index (χ0) is 15.1. The van der Waals surface area contributed by atoms with Crippen LogP contribution in [0.25, 0.3) is 0 Å². The first-order chi connectivity index (χ1) is 9.38. The van der Waals surface area contributed by atoms with E-state index in [2.05, 4.69) is 10.6 Å². The molecule has 0 radical (unpaired) electrons. The minimum Gasteiger partial charge on any atom is -0.481 e. The molecule has 7 heteroatoms. The maximum Gasteiger partial charge on any atom is 0.321 e. The fraction of sp³-hybridized carbons (Fsp3) is 0.462. The summed E-state index contributed by atoms with van der Waals surface area (Å²) in [4.78, 5) is 34.6. The second kappa shape index (κ2) is 7.64. The van der Waals surface area contributed by atoms with Crippen LogP contribution in [-0.2, 0) is 9.59 Å². The van der Waals surface area contributed by atoms with Gasteiger partial charge in [0.15, 0.2) is 0 Å². The average Bonchev–Trinajstić information content (AvgIpc) is 2.79. The van der Waals surface area contributed by atoms with E-state index >= 15 is 0 Å². The number of imide groups is 1. The number of carbonyl (C=O) groups is 3. The van der Waals surface area contributed by atoms with E-state index in [1.165, 1.54) is 11.3 Å². The number of hydrogen-bond donors (Lipinski definition) is 3. The number of urea groups is 1. The van der Waals surface area contributed by atoms with Crippen LogP contribution in [0.5, 0.6) is 0 Å². The number of hydrogen-bond acceptors (Lipinski definition) is 4. The zero-order valence-corrected chi connectivity index (χ0v) is 12.2. The molecule has 0 saturated carbocycles. The first-order valence-corrected chi connectivity index (χ1v) is 7.12. The molecule has 0 spiro atoms. The third kappa shape index (κ3) is 5.83. The van der Waals surface area contributed by atoms with E-state index in [1.807, 2.05) is 24.4 Å². The topological polar surface area (TPSA) is 95.5 Å². The maximum absolute atomic E-state index is 11.6. The van der Waals surface area contributed by atoms with Gasteiger partial charge in [0.05, 0.1) is 6.04 Å². The highest BCUT2D eigenvalue weighted by atomic mass is 32.1. The lowest BCUT2D eigenvalue weighted by Crippen LogP contribution is -2.40. The standard InChI is InChI=1S/C13H18N2O4S/c1-8(7-12(17)18)6-11(16)15-13(19)14-9(2)10-4-3-5-20-10/h3-5,8-9H,6-7H2,1-2H3,(H,17,18)(H2,14,15,16,19). The van der Waals surface area contributed by atoms with Crippen LogP contribution in [0, 0.1) is 5.92 Å². The van der Waals surface area contributed by atoms with Gasteiger partial charge in [0.25, 0.3) is 0 Å². The molecule has 0 bridgehead atoms. The molecular formula is C13H18N2O4S. The molecule has 1 heterocycles. The third-order valence-corrected chi connectivity index (χ3v) is 3.68. The molecule has 1 aromatic rings. The second-order valence-corrected chi connectivity index (χ2v) is 5.65. The summed E-state index contributed by atoms with van der Waals surface area (Å²) < 4.78 is 0. The van der Waals surface area contributed by atoms with Gasteiger partial charge in [-0.1, -0.05) is 13.0 Å². The normalized spacial score (nSPS) is 13.3. The van der Waals surface area contributed by atoms with Crippen LogP contribution in [-0.4, -0.2) is 23.0 Å². The van der Waals surface area contributed by atoms with Crippen LogP contribution in [0.15, 0.2) is 17.5 Å².